The summed E-state index contributed by atoms with van der Waals surface area (Å²) >= 11 is 0. The number of fused-ring (bicyclic) bond motifs is 1. The number of alkyl halides is 1. The molecule has 12 heteroatoms. The van der Waals surface area contributed by atoms with Crippen molar-refractivity contribution in [3.05, 3.63) is 47.8 Å². The quantitative estimate of drug-likeness (QED) is 0.293. The van der Waals surface area contributed by atoms with E-state index < -0.39 is 17.7 Å². The van der Waals surface area contributed by atoms with Gasteiger partial charge >= 0.3 is 0 Å². The summed E-state index contributed by atoms with van der Waals surface area (Å²) < 4.78 is 16.0. The second-order valence-corrected chi connectivity index (χ2v) is 11.7. The van der Waals surface area contributed by atoms with Gasteiger partial charge < -0.3 is 26.0 Å². The van der Waals surface area contributed by atoms with Crippen LogP contribution in [0.25, 0.3) is 16.9 Å². The van der Waals surface area contributed by atoms with E-state index in [1.54, 1.807) is 16.6 Å². The number of halogens is 1. The van der Waals surface area contributed by atoms with E-state index in [1.807, 2.05) is 19.2 Å². The highest BCUT2D eigenvalue weighted by atomic mass is 19.1. The van der Waals surface area contributed by atoms with Crippen molar-refractivity contribution in [2.75, 3.05) is 38.5 Å². The average Bonchev–Trinajstić information content (AvgIpc) is 3.33. The van der Waals surface area contributed by atoms with Crippen molar-refractivity contribution in [2.45, 2.75) is 44.5 Å². The minimum atomic E-state index is -1.64. The molecule has 1 saturated heterocycles. The first-order chi connectivity index (χ1) is 19.5. The van der Waals surface area contributed by atoms with Gasteiger partial charge in [0.15, 0.2) is 0 Å². The highest BCUT2D eigenvalue weighted by Crippen LogP contribution is 2.33. The molecule has 4 N–H and O–H groups in total. The highest BCUT2D eigenvalue weighted by molar-refractivity contribution is 6.00. The second-order valence-electron chi connectivity index (χ2n) is 11.7. The fraction of sp³-hybridized carbons (Fsp3) is 0.483. The Hall–Kier alpha value is -4.08. The maximum absolute atomic E-state index is 14.3. The van der Waals surface area contributed by atoms with Gasteiger partial charge in [0.1, 0.15) is 12.2 Å². The SMILES string of the molecule is CN1CC(C(=O)NC[C@H]2C[C@H](Nc3cc(-c4ccc5cc(C#N)cnn45)ncc3C(=O)NC[C@@H](F)C(C)(C)O)C2)C1. The summed E-state index contributed by atoms with van der Waals surface area (Å²) in [5.41, 5.74) is 1.63. The number of nitrogens with one attached hydrogen (secondary N) is 3. The molecule has 2 aliphatic rings. The minimum Gasteiger partial charge on any atom is -0.387 e. The molecule has 0 bridgehead atoms. The van der Waals surface area contributed by atoms with Crippen LogP contribution in [0.1, 0.15) is 42.6 Å². The summed E-state index contributed by atoms with van der Waals surface area (Å²) in [6.45, 7) is 4.56. The molecule has 0 spiro atoms. The van der Waals surface area contributed by atoms with Gasteiger partial charge in [0.05, 0.1) is 58.0 Å². The first kappa shape index (κ1) is 28.4. The number of rotatable bonds is 10. The largest absolute Gasteiger partial charge is 0.387 e. The van der Waals surface area contributed by atoms with Crippen LogP contribution in [-0.4, -0.2) is 87.5 Å². The van der Waals surface area contributed by atoms with Gasteiger partial charge in [0.25, 0.3) is 5.91 Å². The van der Waals surface area contributed by atoms with Crippen LogP contribution in [0.3, 0.4) is 0 Å². The lowest BCUT2D eigenvalue weighted by Crippen LogP contribution is -2.53. The summed E-state index contributed by atoms with van der Waals surface area (Å²) in [4.78, 5) is 32.0. The fourth-order valence-electron chi connectivity index (χ4n) is 5.17. The number of likely N-dealkylation sites (tertiary alicyclic amines) is 1. The Labute approximate surface area is 237 Å². The van der Waals surface area contributed by atoms with Crippen LogP contribution in [0.15, 0.2) is 36.7 Å². The third kappa shape index (κ3) is 6.31. The molecule has 11 nitrogen and oxygen atoms in total. The molecule has 1 aliphatic carbocycles. The van der Waals surface area contributed by atoms with E-state index in [0.29, 0.717) is 35.1 Å². The number of hydrogen-bond donors (Lipinski definition) is 4. The number of aromatic nitrogens is 3. The molecule has 2 amide bonds. The summed E-state index contributed by atoms with van der Waals surface area (Å²) in [5.74, 6) is -0.00924. The molecule has 0 unspecified atom stereocenters. The van der Waals surface area contributed by atoms with Crippen LogP contribution in [0.2, 0.25) is 0 Å². The molecular formula is C29H35FN8O3. The fourth-order valence-corrected chi connectivity index (χ4v) is 5.17. The Morgan fingerprint density at radius 2 is 1.98 bits per heavy atom. The van der Waals surface area contributed by atoms with E-state index in [2.05, 4.69) is 37.0 Å². The zero-order chi connectivity index (χ0) is 29.3. The van der Waals surface area contributed by atoms with E-state index in [-0.39, 0.29) is 30.0 Å². The highest BCUT2D eigenvalue weighted by Gasteiger charge is 2.34. The van der Waals surface area contributed by atoms with Gasteiger partial charge in [-0.2, -0.15) is 10.4 Å². The van der Waals surface area contributed by atoms with E-state index >= 15 is 0 Å². The molecule has 41 heavy (non-hydrogen) atoms. The second kappa shape index (κ2) is 11.4. The number of hydrogen-bond acceptors (Lipinski definition) is 8. The van der Waals surface area contributed by atoms with Crippen LogP contribution >= 0.6 is 0 Å². The molecule has 5 rings (SSSR count). The maximum Gasteiger partial charge on any atom is 0.255 e. The lowest BCUT2D eigenvalue weighted by Gasteiger charge is -2.38. The number of carbonyl (C=O) groups is 2. The monoisotopic (exact) mass is 562 g/mol. The van der Waals surface area contributed by atoms with Crippen molar-refractivity contribution >= 4 is 23.0 Å². The number of aliphatic hydroxyl groups is 1. The Kier molecular flexibility index (Phi) is 7.93. The Balaban J connectivity index is 1.30. The molecule has 1 atom stereocenters. The van der Waals surface area contributed by atoms with Crippen LogP contribution < -0.4 is 16.0 Å². The van der Waals surface area contributed by atoms with Gasteiger partial charge in [-0.15, -0.1) is 0 Å². The van der Waals surface area contributed by atoms with Crippen molar-refractivity contribution in [3.63, 3.8) is 0 Å². The lowest BCUT2D eigenvalue weighted by atomic mass is 9.80. The predicted molar refractivity (Wildman–Crippen MR) is 151 cm³/mol. The van der Waals surface area contributed by atoms with E-state index in [4.69, 9.17) is 0 Å². The maximum atomic E-state index is 14.3. The minimum absolute atomic E-state index is 0.0664. The van der Waals surface area contributed by atoms with Crippen LogP contribution in [-0.2, 0) is 4.79 Å². The van der Waals surface area contributed by atoms with E-state index in [0.717, 1.165) is 31.4 Å². The average molecular weight is 563 g/mol. The molecule has 0 radical (unpaired) electrons. The van der Waals surface area contributed by atoms with Gasteiger partial charge in [-0.25, -0.2) is 8.91 Å². The van der Waals surface area contributed by atoms with E-state index in [1.165, 1.54) is 26.2 Å². The molecule has 216 valence electrons. The third-order valence-electron chi connectivity index (χ3n) is 7.84. The molecule has 0 aromatic carbocycles. The summed E-state index contributed by atoms with van der Waals surface area (Å²) in [7, 11) is 1.99. The number of pyridine rings is 1. The number of nitrogens with zero attached hydrogens (tertiary/aromatic N) is 5. The molecule has 1 saturated carbocycles. The Bertz CT molecular complexity index is 1480. The first-order valence-electron chi connectivity index (χ1n) is 13.8. The van der Waals surface area contributed by atoms with Gasteiger partial charge in [-0.1, -0.05) is 0 Å². The van der Waals surface area contributed by atoms with Crippen LogP contribution in [0, 0.1) is 23.2 Å². The normalized spacial score (nSPS) is 20.0. The first-order valence-corrected chi connectivity index (χ1v) is 13.8. The third-order valence-corrected chi connectivity index (χ3v) is 7.84. The molecule has 3 aromatic rings. The Morgan fingerprint density at radius 3 is 2.66 bits per heavy atom. The predicted octanol–water partition coefficient (Wildman–Crippen LogP) is 1.98. The van der Waals surface area contributed by atoms with Crippen molar-refractivity contribution < 1.29 is 19.1 Å². The van der Waals surface area contributed by atoms with Gasteiger partial charge in [-0.3, -0.25) is 14.6 Å². The zero-order valence-corrected chi connectivity index (χ0v) is 23.4. The Morgan fingerprint density at radius 1 is 1.22 bits per heavy atom. The molecule has 1 aliphatic heterocycles. The van der Waals surface area contributed by atoms with Gasteiger partial charge in [0, 0.05) is 31.9 Å². The molecular weight excluding hydrogens is 527 g/mol. The molecule has 2 fully saturated rings. The standard InChI is InChI=1S/C29H35FN8O3/c1-29(2,41)26(30)14-34-28(40)22-13-32-24(25-5-4-21-8-18(10-31)12-35-38(21)25)9-23(22)36-20-6-17(7-20)11-33-27(39)19-15-37(3)16-19/h4-5,8-9,12-13,17,19-20,26,41H,6-7,11,14-16H2,1-3H3,(H,32,36)(H,33,39)(H,34,40)/t17-,20-,26-/m1/s1. The summed E-state index contributed by atoms with van der Waals surface area (Å²) in [6, 6.07) is 9.33. The van der Waals surface area contributed by atoms with Crippen molar-refractivity contribution in [1.29, 1.82) is 5.26 Å². The zero-order valence-electron chi connectivity index (χ0n) is 23.4. The lowest BCUT2D eigenvalue weighted by molar-refractivity contribution is -0.129. The summed E-state index contributed by atoms with van der Waals surface area (Å²) in [6.07, 6.45) is 2.92. The van der Waals surface area contributed by atoms with Crippen molar-refractivity contribution in [1.82, 2.24) is 30.1 Å². The number of amides is 2. The number of carbonyl (C=O) groups excluding carboxylic acids is 2. The van der Waals surface area contributed by atoms with Crippen LogP contribution in [0.4, 0.5) is 10.1 Å². The smallest absolute Gasteiger partial charge is 0.255 e. The van der Waals surface area contributed by atoms with Gasteiger partial charge in [0.2, 0.25) is 5.91 Å². The molecule has 3 aromatic heterocycles. The van der Waals surface area contributed by atoms with Crippen molar-refractivity contribution in [2.24, 2.45) is 11.8 Å². The summed E-state index contributed by atoms with van der Waals surface area (Å²) in [5, 5.41) is 32.5. The van der Waals surface area contributed by atoms with Crippen LogP contribution in [0.5, 0.6) is 0 Å². The van der Waals surface area contributed by atoms with E-state index in [9.17, 15) is 24.3 Å². The topological polar surface area (TPSA) is 148 Å². The number of nitriles is 1. The van der Waals surface area contributed by atoms with Crippen molar-refractivity contribution in [3.8, 4) is 17.5 Å². The number of anilines is 1. The van der Waals surface area contributed by atoms with Gasteiger partial charge in [-0.05, 0) is 63.9 Å². The molecule has 4 heterocycles.